The van der Waals surface area contributed by atoms with Gasteiger partial charge in [-0.1, -0.05) is 18.2 Å². The molecule has 1 amide bonds. The normalized spacial score (nSPS) is 18.7. The van der Waals surface area contributed by atoms with Crippen LogP contribution in [0.2, 0.25) is 0 Å². The number of hydrogen-bond acceptors (Lipinski definition) is 3. The Morgan fingerprint density at radius 1 is 1.29 bits per heavy atom. The number of hydrogen-bond donors (Lipinski definition) is 1. The van der Waals surface area contributed by atoms with Crippen LogP contribution in [0.3, 0.4) is 0 Å². The number of rotatable bonds is 1. The van der Waals surface area contributed by atoms with Crippen LogP contribution in [0.5, 0.6) is 5.75 Å². The number of fused-ring (bicyclic) bond motifs is 5. The van der Waals surface area contributed by atoms with Crippen molar-refractivity contribution >= 4 is 23.0 Å². The van der Waals surface area contributed by atoms with E-state index in [9.17, 15) is 9.18 Å². The number of benzene rings is 2. The molecule has 2 aromatic rings. The van der Waals surface area contributed by atoms with Crippen LogP contribution >= 0.6 is 0 Å². The summed E-state index contributed by atoms with van der Waals surface area (Å²) in [5.41, 5.74) is 3.36. The largest absolute Gasteiger partial charge is 0.494 e. The van der Waals surface area contributed by atoms with Gasteiger partial charge in [-0.15, -0.1) is 0 Å². The van der Waals surface area contributed by atoms with E-state index < -0.39 is 5.82 Å². The Balaban J connectivity index is 1.94. The first-order valence-corrected chi connectivity index (χ1v) is 6.74. The van der Waals surface area contributed by atoms with Crippen LogP contribution < -0.4 is 15.0 Å². The molecule has 1 atom stereocenters. The highest BCUT2D eigenvalue weighted by molar-refractivity contribution is 6.07. The van der Waals surface area contributed by atoms with Crippen LogP contribution in [0.25, 0.3) is 0 Å². The summed E-state index contributed by atoms with van der Waals surface area (Å²) in [7, 11) is 1.43. The van der Waals surface area contributed by atoms with Gasteiger partial charge in [0, 0.05) is 24.2 Å². The maximum atomic E-state index is 13.8. The van der Waals surface area contributed by atoms with Crippen LogP contribution in [-0.2, 0) is 11.2 Å². The molecule has 0 radical (unpaired) electrons. The van der Waals surface area contributed by atoms with Gasteiger partial charge in [-0.2, -0.15) is 0 Å². The smallest absolute Gasteiger partial charge is 0.247 e. The monoisotopic (exact) mass is 284 g/mol. The van der Waals surface area contributed by atoms with E-state index in [-0.39, 0.29) is 17.7 Å². The van der Waals surface area contributed by atoms with Crippen molar-refractivity contribution in [2.45, 2.75) is 12.5 Å². The fraction of sp³-hybridized carbons (Fsp3) is 0.188. The van der Waals surface area contributed by atoms with E-state index in [4.69, 9.17) is 4.74 Å². The summed E-state index contributed by atoms with van der Waals surface area (Å²) in [5, 5.41) is 2.78. The van der Waals surface area contributed by atoms with Gasteiger partial charge in [-0.05, 0) is 11.6 Å². The number of ether oxygens (including phenoxy) is 1. The molecule has 0 aliphatic carbocycles. The molecular formula is C16H13FN2O2. The number of para-hydroxylation sites is 1. The SMILES string of the molecule is COc1cc2c(cc1F)NC(=O)C1Cc3ccccc3N21. The van der Waals surface area contributed by atoms with Gasteiger partial charge in [0.15, 0.2) is 11.6 Å². The van der Waals surface area contributed by atoms with Crippen LogP contribution in [0.15, 0.2) is 36.4 Å². The first kappa shape index (κ1) is 12.2. The average Bonchev–Trinajstić information content (AvgIpc) is 2.87. The van der Waals surface area contributed by atoms with Crippen molar-refractivity contribution < 1.29 is 13.9 Å². The molecule has 2 aliphatic heterocycles. The molecule has 0 bridgehead atoms. The fourth-order valence-corrected chi connectivity index (χ4v) is 3.11. The molecule has 2 aromatic carbocycles. The first-order valence-electron chi connectivity index (χ1n) is 6.74. The molecule has 4 rings (SSSR count). The third-order valence-corrected chi connectivity index (χ3v) is 4.07. The van der Waals surface area contributed by atoms with E-state index in [0.717, 1.165) is 16.9 Å². The van der Waals surface area contributed by atoms with Gasteiger partial charge >= 0.3 is 0 Å². The van der Waals surface area contributed by atoms with E-state index in [2.05, 4.69) is 5.32 Å². The Morgan fingerprint density at radius 3 is 2.90 bits per heavy atom. The molecule has 21 heavy (non-hydrogen) atoms. The van der Waals surface area contributed by atoms with Crippen molar-refractivity contribution in [3.63, 3.8) is 0 Å². The first-order chi connectivity index (χ1) is 10.2. The summed E-state index contributed by atoms with van der Waals surface area (Å²) in [6.45, 7) is 0. The number of carbonyl (C=O) groups excluding carboxylic acids is 1. The fourth-order valence-electron chi connectivity index (χ4n) is 3.11. The second-order valence-electron chi connectivity index (χ2n) is 5.21. The second-order valence-corrected chi connectivity index (χ2v) is 5.21. The predicted molar refractivity (Wildman–Crippen MR) is 77.7 cm³/mol. The molecule has 2 heterocycles. The average molecular weight is 284 g/mol. The quantitative estimate of drug-likeness (QED) is 0.875. The van der Waals surface area contributed by atoms with E-state index >= 15 is 0 Å². The minimum absolute atomic E-state index is 0.108. The Morgan fingerprint density at radius 2 is 2.10 bits per heavy atom. The summed E-state index contributed by atoms with van der Waals surface area (Å²) in [5.74, 6) is -0.418. The highest BCUT2D eigenvalue weighted by Gasteiger charge is 2.40. The summed E-state index contributed by atoms with van der Waals surface area (Å²) in [4.78, 5) is 14.2. The second kappa shape index (κ2) is 4.22. The van der Waals surface area contributed by atoms with Crippen LogP contribution in [-0.4, -0.2) is 19.1 Å². The third kappa shape index (κ3) is 1.63. The Labute approximate surface area is 121 Å². The Hall–Kier alpha value is -2.56. The number of nitrogens with one attached hydrogen (secondary N) is 1. The maximum Gasteiger partial charge on any atom is 0.247 e. The van der Waals surface area contributed by atoms with Gasteiger partial charge in [-0.3, -0.25) is 4.79 Å². The van der Waals surface area contributed by atoms with E-state index in [1.54, 1.807) is 6.07 Å². The molecule has 1 unspecified atom stereocenters. The van der Waals surface area contributed by atoms with Crippen molar-refractivity contribution in [2.75, 3.05) is 17.3 Å². The summed E-state index contributed by atoms with van der Waals surface area (Å²) in [6.07, 6.45) is 0.654. The van der Waals surface area contributed by atoms with Crippen molar-refractivity contribution in [2.24, 2.45) is 0 Å². The van der Waals surface area contributed by atoms with Gasteiger partial charge in [0.25, 0.3) is 0 Å². The zero-order chi connectivity index (χ0) is 14.6. The third-order valence-electron chi connectivity index (χ3n) is 4.07. The van der Waals surface area contributed by atoms with Gasteiger partial charge < -0.3 is 15.0 Å². The van der Waals surface area contributed by atoms with Crippen molar-refractivity contribution in [3.05, 3.63) is 47.8 Å². The van der Waals surface area contributed by atoms with Gasteiger partial charge in [0.1, 0.15) is 6.04 Å². The molecular weight excluding hydrogens is 271 g/mol. The van der Waals surface area contributed by atoms with Gasteiger partial charge in [0.2, 0.25) is 5.91 Å². The van der Waals surface area contributed by atoms with Crippen LogP contribution in [0, 0.1) is 5.82 Å². The molecule has 0 fully saturated rings. The maximum absolute atomic E-state index is 13.8. The van der Waals surface area contributed by atoms with E-state index in [0.29, 0.717) is 12.1 Å². The Kier molecular flexibility index (Phi) is 2.45. The lowest BCUT2D eigenvalue weighted by molar-refractivity contribution is -0.117. The van der Waals surface area contributed by atoms with Crippen LogP contribution in [0.4, 0.5) is 21.5 Å². The molecule has 0 saturated heterocycles. The van der Waals surface area contributed by atoms with Crippen LogP contribution in [0.1, 0.15) is 5.56 Å². The molecule has 1 N–H and O–H groups in total. The zero-order valence-corrected chi connectivity index (χ0v) is 11.4. The van der Waals surface area contributed by atoms with Crippen molar-refractivity contribution in [3.8, 4) is 5.75 Å². The molecule has 106 valence electrons. The summed E-state index contributed by atoms with van der Waals surface area (Å²) >= 11 is 0. The lowest BCUT2D eigenvalue weighted by Crippen LogP contribution is -2.43. The summed E-state index contributed by atoms with van der Waals surface area (Å²) < 4.78 is 18.9. The highest BCUT2D eigenvalue weighted by atomic mass is 19.1. The van der Waals surface area contributed by atoms with Gasteiger partial charge in [0.05, 0.1) is 18.5 Å². The number of methoxy groups -OCH3 is 1. The minimum Gasteiger partial charge on any atom is -0.494 e. The molecule has 2 aliphatic rings. The zero-order valence-electron chi connectivity index (χ0n) is 11.4. The van der Waals surface area contributed by atoms with E-state index in [1.165, 1.54) is 13.2 Å². The molecule has 0 aromatic heterocycles. The number of halogens is 1. The molecule has 4 nitrogen and oxygen atoms in total. The molecule has 0 saturated carbocycles. The summed E-state index contributed by atoms with van der Waals surface area (Å²) in [6, 6.07) is 10.6. The number of nitrogens with zero attached hydrogens (tertiary/aromatic N) is 1. The molecule has 0 spiro atoms. The highest BCUT2D eigenvalue weighted by Crippen LogP contribution is 2.46. The molecule has 5 heteroatoms. The number of carbonyl (C=O) groups is 1. The number of amides is 1. The van der Waals surface area contributed by atoms with E-state index in [1.807, 2.05) is 29.2 Å². The lowest BCUT2D eigenvalue weighted by Gasteiger charge is -2.33. The lowest BCUT2D eigenvalue weighted by atomic mass is 10.1. The Bertz CT molecular complexity index is 760. The predicted octanol–water partition coefficient (Wildman–Crippen LogP) is 2.85. The standard InChI is InChI=1S/C16H13FN2O2/c1-21-15-8-13-11(7-10(15)17)18-16(20)14-6-9-4-2-3-5-12(9)19(13)14/h2-5,7-8,14H,6H2,1H3,(H,18,20). The topological polar surface area (TPSA) is 41.6 Å². The number of anilines is 3. The van der Waals surface area contributed by atoms with Gasteiger partial charge in [-0.25, -0.2) is 4.39 Å². The van der Waals surface area contributed by atoms with Crippen molar-refractivity contribution in [1.82, 2.24) is 0 Å². The minimum atomic E-state index is -0.484. The van der Waals surface area contributed by atoms with Crippen molar-refractivity contribution in [1.29, 1.82) is 0 Å².